The van der Waals surface area contributed by atoms with Crippen molar-refractivity contribution in [3.63, 3.8) is 0 Å². The average Bonchev–Trinajstić information content (AvgIpc) is 3.07. The molecule has 0 bridgehead atoms. The van der Waals surface area contributed by atoms with Gasteiger partial charge in [-0.1, -0.05) is 6.07 Å². The minimum atomic E-state index is -0.336. The van der Waals surface area contributed by atoms with Gasteiger partial charge in [-0.15, -0.1) is 11.3 Å². The highest BCUT2D eigenvalue weighted by Gasteiger charge is 2.35. The SMILES string of the molecule is Cc1cc(C)cc(N2CC(C(=O)Nc3nccs3)CC2=O)c1. The van der Waals surface area contributed by atoms with Crippen molar-refractivity contribution in [1.82, 2.24) is 4.98 Å². The standard InChI is InChI=1S/C16H17N3O2S/c1-10-5-11(2)7-13(6-10)19-9-12(8-14(19)20)15(21)18-16-17-3-4-22-16/h3-7,12H,8-9H2,1-2H3,(H,17,18,21). The van der Waals surface area contributed by atoms with Crippen LogP contribution < -0.4 is 10.2 Å². The van der Waals surface area contributed by atoms with E-state index in [1.807, 2.05) is 26.0 Å². The summed E-state index contributed by atoms with van der Waals surface area (Å²) < 4.78 is 0. The number of nitrogens with one attached hydrogen (secondary N) is 1. The number of rotatable bonds is 3. The lowest BCUT2D eigenvalue weighted by Crippen LogP contribution is -2.28. The van der Waals surface area contributed by atoms with E-state index in [1.165, 1.54) is 11.3 Å². The van der Waals surface area contributed by atoms with E-state index in [-0.39, 0.29) is 24.2 Å². The van der Waals surface area contributed by atoms with E-state index >= 15 is 0 Å². The van der Waals surface area contributed by atoms with Crippen molar-refractivity contribution in [1.29, 1.82) is 0 Å². The highest BCUT2D eigenvalue weighted by Crippen LogP contribution is 2.27. The second-order valence-electron chi connectivity index (χ2n) is 5.58. The van der Waals surface area contributed by atoms with Crippen molar-refractivity contribution in [3.05, 3.63) is 40.9 Å². The number of aryl methyl sites for hydroxylation is 2. The van der Waals surface area contributed by atoms with E-state index in [9.17, 15) is 9.59 Å². The molecule has 114 valence electrons. The molecular formula is C16H17N3O2S. The van der Waals surface area contributed by atoms with E-state index in [0.717, 1.165) is 16.8 Å². The molecule has 0 saturated carbocycles. The van der Waals surface area contributed by atoms with Crippen LogP contribution in [0.1, 0.15) is 17.5 Å². The lowest BCUT2D eigenvalue weighted by molar-refractivity contribution is -0.122. The fourth-order valence-corrected chi connectivity index (χ4v) is 3.26. The molecule has 2 aromatic rings. The van der Waals surface area contributed by atoms with Crippen molar-refractivity contribution in [2.45, 2.75) is 20.3 Å². The largest absolute Gasteiger partial charge is 0.312 e. The summed E-state index contributed by atoms with van der Waals surface area (Å²) in [4.78, 5) is 30.2. The van der Waals surface area contributed by atoms with Gasteiger partial charge in [-0.05, 0) is 37.1 Å². The van der Waals surface area contributed by atoms with Crippen LogP contribution in [0.3, 0.4) is 0 Å². The van der Waals surface area contributed by atoms with Crippen LogP contribution in [0.4, 0.5) is 10.8 Å². The summed E-state index contributed by atoms with van der Waals surface area (Å²) in [5.74, 6) is -0.489. The van der Waals surface area contributed by atoms with Crippen molar-refractivity contribution < 1.29 is 9.59 Å². The number of benzene rings is 1. The van der Waals surface area contributed by atoms with Gasteiger partial charge < -0.3 is 10.2 Å². The van der Waals surface area contributed by atoms with Crippen molar-refractivity contribution in [2.75, 3.05) is 16.8 Å². The Kier molecular flexibility index (Phi) is 3.94. The van der Waals surface area contributed by atoms with Crippen LogP contribution >= 0.6 is 11.3 Å². The molecule has 1 aromatic heterocycles. The summed E-state index contributed by atoms with van der Waals surface area (Å²) in [7, 11) is 0. The lowest BCUT2D eigenvalue weighted by Gasteiger charge is -2.18. The van der Waals surface area contributed by atoms with Crippen LogP contribution in [-0.2, 0) is 9.59 Å². The van der Waals surface area contributed by atoms with Crippen molar-refractivity contribution in [2.24, 2.45) is 5.92 Å². The number of hydrogen-bond donors (Lipinski definition) is 1. The van der Waals surface area contributed by atoms with Crippen LogP contribution in [0.2, 0.25) is 0 Å². The molecule has 5 nitrogen and oxygen atoms in total. The minimum absolute atomic E-state index is 0.00992. The third-order valence-electron chi connectivity index (χ3n) is 3.68. The molecule has 1 aliphatic rings. The molecule has 3 rings (SSSR count). The maximum absolute atomic E-state index is 12.2. The van der Waals surface area contributed by atoms with Crippen LogP contribution in [-0.4, -0.2) is 23.3 Å². The zero-order chi connectivity index (χ0) is 15.7. The summed E-state index contributed by atoms with van der Waals surface area (Å²) in [5, 5.41) is 5.14. The van der Waals surface area contributed by atoms with Gasteiger partial charge in [-0.3, -0.25) is 9.59 Å². The normalized spacial score (nSPS) is 17.8. The molecule has 22 heavy (non-hydrogen) atoms. The predicted molar refractivity (Wildman–Crippen MR) is 87.1 cm³/mol. The zero-order valence-corrected chi connectivity index (χ0v) is 13.3. The second-order valence-corrected chi connectivity index (χ2v) is 6.47. The first kappa shape index (κ1) is 14.7. The highest BCUT2D eigenvalue weighted by atomic mass is 32.1. The monoisotopic (exact) mass is 315 g/mol. The summed E-state index contributed by atoms with van der Waals surface area (Å²) in [5.41, 5.74) is 3.09. The maximum Gasteiger partial charge on any atom is 0.231 e. The Morgan fingerprint density at radius 3 is 2.68 bits per heavy atom. The van der Waals surface area contributed by atoms with Gasteiger partial charge in [0.2, 0.25) is 11.8 Å². The average molecular weight is 315 g/mol. The molecule has 0 radical (unpaired) electrons. The van der Waals surface area contributed by atoms with E-state index in [2.05, 4.69) is 16.4 Å². The fraction of sp³-hybridized carbons (Fsp3) is 0.312. The van der Waals surface area contributed by atoms with Gasteiger partial charge in [0, 0.05) is 30.2 Å². The fourth-order valence-electron chi connectivity index (χ4n) is 2.73. The first-order chi connectivity index (χ1) is 10.5. The van der Waals surface area contributed by atoms with Gasteiger partial charge in [-0.25, -0.2) is 4.98 Å². The molecule has 6 heteroatoms. The number of carbonyl (C=O) groups excluding carboxylic acids is 2. The Balaban J connectivity index is 1.74. The van der Waals surface area contributed by atoms with Crippen LogP contribution in [0.15, 0.2) is 29.8 Å². The van der Waals surface area contributed by atoms with Gasteiger partial charge in [0.25, 0.3) is 0 Å². The molecule has 1 atom stereocenters. The van der Waals surface area contributed by atoms with Crippen molar-refractivity contribution in [3.8, 4) is 0 Å². The molecule has 2 heterocycles. The third-order valence-corrected chi connectivity index (χ3v) is 4.36. The molecule has 1 fully saturated rings. The van der Waals surface area contributed by atoms with Crippen molar-refractivity contribution >= 4 is 34.0 Å². The quantitative estimate of drug-likeness (QED) is 0.947. The number of carbonyl (C=O) groups is 2. The highest BCUT2D eigenvalue weighted by molar-refractivity contribution is 7.13. The molecule has 1 N–H and O–H groups in total. The Morgan fingerprint density at radius 2 is 2.05 bits per heavy atom. The van der Waals surface area contributed by atoms with Crippen LogP contribution in [0.25, 0.3) is 0 Å². The molecular weight excluding hydrogens is 298 g/mol. The number of thiazole rings is 1. The smallest absolute Gasteiger partial charge is 0.231 e. The number of hydrogen-bond acceptors (Lipinski definition) is 4. The molecule has 0 spiro atoms. The molecule has 2 amide bonds. The molecule has 1 unspecified atom stereocenters. The van der Waals surface area contributed by atoms with Gasteiger partial charge in [-0.2, -0.15) is 0 Å². The maximum atomic E-state index is 12.2. The van der Waals surface area contributed by atoms with Gasteiger partial charge in [0.15, 0.2) is 5.13 Å². The van der Waals surface area contributed by atoms with E-state index < -0.39 is 0 Å². The van der Waals surface area contributed by atoms with Crippen LogP contribution in [0.5, 0.6) is 0 Å². The molecule has 1 aromatic carbocycles. The van der Waals surface area contributed by atoms with Crippen LogP contribution in [0, 0.1) is 19.8 Å². The number of nitrogens with zero attached hydrogens (tertiary/aromatic N) is 2. The van der Waals surface area contributed by atoms with E-state index in [4.69, 9.17) is 0 Å². The molecule has 1 aliphatic heterocycles. The Labute approximate surface area is 133 Å². The first-order valence-electron chi connectivity index (χ1n) is 7.12. The third kappa shape index (κ3) is 3.01. The first-order valence-corrected chi connectivity index (χ1v) is 8.00. The minimum Gasteiger partial charge on any atom is -0.312 e. The van der Waals surface area contributed by atoms with E-state index in [1.54, 1.807) is 16.5 Å². The molecule has 0 aliphatic carbocycles. The summed E-state index contributed by atoms with van der Waals surface area (Å²) in [6, 6.07) is 6.02. The topological polar surface area (TPSA) is 62.3 Å². The summed E-state index contributed by atoms with van der Waals surface area (Å²) >= 11 is 1.37. The molecule has 1 saturated heterocycles. The lowest BCUT2D eigenvalue weighted by atomic mass is 10.1. The van der Waals surface area contributed by atoms with Gasteiger partial charge in [0.05, 0.1) is 5.92 Å². The van der Waals surface area contributed by atoms with E-state index in [0.29, 0.717) is 11.7 Å². The number of anilines is 2. The number of aromatic nitrogens is 1. The summed E-state index contributed by atoms with van der Waals surface area (Å²) in [6.45, 7) is 4.42. The summed E-state index contributed by atoms with van der Waals surface area (Å²) in [6.07, 6.45) is 1.88. The predicted octanol–water partition coefficient (Wildman–Crippen LogP) is 2.75. The zero-order valence-electron chi connectivity index (χ0n) is 12.5. The van der Waals surface area contributed by atoms with Gasteiger partial charge >= 0.3 is 0 Å². The number of amides is 2. The van der Waals surface area contributed by atoms with Gasteiger partial charge in [0.1, 0.15) is 0 Å². The Hall–Kier alpha value is -2.21. The Bertz CT molecular complexity index is 692. The second kappa shape index (κ2) is 5.88. The Morgan fingerprint density at radius 1 is 1.32 bits per heavy atom.